The number of carbonyl (C=O) groups excluding carboxylic acids is 4. The van der Waals surface area contributed by atoms with Crippen LogP contribution in [0.4, 0.5) is 0 Å². The van der Waals surface area contributed by atoms with Gasteiger partial charge in [-0.05, 0) is 148 Å². The Labute approximate surface area is 617 Å². The fraction of sp³-hybridized carbons (Fsp3) is 0.663. The maximum absolute atomic E-state index is 13.1. The van der Waals surface area contributed by atoms with E-state index in [1.165, 1.54) is 57.8 Å². The molecule has 0 aliphatic heterocycles. The average molecular weight is 1470 g/mol. The van der Waals surface area contributed by atoms with Crippen LogP contribution in [0.5, 0.6) is 0 Å². The number of unbranched alkanes of at least 4 members (excludes halogenated alkanes) is 23. The molecule has 0 aliphatic carbocycles. The molecule has 0 rings (SSSR count). The third kappa shape index (κ3) is 73.3. The van der Waals surface area contributed by atoms with Gasteiger partial charge in [0.2, 0.25) is 0 Å². The highest BCUT2D eigenvalue weighted by atomic mass is 31.2. The Bertz CT molecular complexity index is 2510. The van der Waals surface area contributed by atoms with Crippen molar-refractivity contribution in [2.24, 2.45) is 0 Å². The van der Waals surface area contributed by atoms with Crippen molar-refractivity contribution in [1.29, 1.82) is 0 Å². The third-order valence-corrected chi connectivity index (χ3v) is 17.7. The van der Waals surface area contributed by atoms with Gasteiger partial charge in [-0.1, -0.05) is 270 Å². The van der Waals surface area contributed by atoms with Crippen LogP contribution in [0.3, 0.4) is 0 Å². The standard InChI is InChI=1S/C83H138O17P2/c1-5-9-13-17-21-25-29-33-37-38-42-44-48-52-56-60-64-68-81(86)94-74-79(100-83(88)70-66-62-58-54-50-46-41-36-32-28-24-20-16-12-8-4)76-98-102(91,92)96-72-77(84)71-95-101(89,90)97-75-78(99-82(87)69-65-61-57-53-49-45-40-35-31-27-23-19-15-11-7-3)73-93-80(85)67-63-59-55-51-47-43-39-34-30-26-22-18-14-10-6-2/h9-10,13-14,21-23,25-27,33-37,39-42,44,47,51,59,63,77-79,84H,5-8,11-12,15-20,24,28-32,38,43,45-46,48-50,52-58,60-62,64-76H2,1-4H3,(H,89,90)(H,91,92)/b13-9-,14-10-,25-21-,26-22-,27-23-,37-33-,39-34-,40-35-,41-36-,44-42-,51-47-,63-59-. The Morgan fingerprint density at radius 1 is 0.294 bits per heavy atom. The minimum Gasteiger partial charge on any atom is -0.462 e. The van der Waals surface area contributed by atoms with Crippen molar-refractivity contribution in [2.75, 3.05) is 39.6 Å². The van der Waals surface area contributed by atoms with E-state index in [9.17, 15) is 43.2 Å². The van der Waals surface area contributed by atoms with Crippen LogP contribution < -0.4 is 0 Å². The van der Waals surface area contributed by atoms with Crippen LogP contribution in [0.25, 0.3) is 0 Å². The number of ether oxygens (including phenoxy) is 4. The first-order valence-corrected chi connectivity index (χ1v) is 42.1. The molecular formula is C83H138O17P2. The quantitative estimate of drug-likeness (QED) is 0.0169. The zero-order valence-corrected chi connectivity index (χ0v) is 65.3. The monoisotopic (exact) mass is 1470 g/mol. The highest BCUT2D eigenvalue weighted by Gasteiger charge is 2.30. The van der Waals surface area contributed by atoms with Crippen molar-refractivity contribution < 1.29 is 80.2 Å². The lowest BCUT2D eigenvalue weighted by Gasteiger charge is -2.21. The van der Waals surface area contributed by atoms with Crippen LogP contribution in [0.1, 0.15) is 297 Å². The van der Waals surface area contributed by atoms with Crippen LogP contribution in [-0.4, -0.2) is 96.7 Å². The molecule has 0 fully saturated rings. The highest BCUT2D eigenvalue weighted by Crippen LogP contribution is 2.45. The van der Waals surface area contributed by atoms with E-state index in [-0.39, 0.29) is 25.7 Å². The Morgan fingerprint density at radius 2 is 0.549 bits per heavy atom. The first kappa shape index (κ1) is 96.9. The first-order valence-electron chi connectivity index (χ1n) is 39.1. The van der Waals surface area contributed by atoms with Gasteiger partial charge in [0.1, 0.15) is 19.3 Å². The smallest absolute Gasteiger partial charge is 0.462 e. The molecule has 0 aromatic rings. The number of hydrogen-bond donors (Lipinski definition) is 3. The molecule has 102 heavy (non-hydrogen) atoms. The zero-order valence-electron chi connectivity index (χ0n) is 63.5. The van der Waals surface area contributed by atoms with Crippen LogP contribution in [0.2, 0.25) is 0 Å². The Hall–Kier alpha value is -5.06. The van der Waals surface area contributed by atoms with Crippen molar-refractivity contribution >= 4 is 39.5 Å². The maximum atomic E-state index is 13.1. The Kier molecular flexibility index (Phi) is 70.5. The number of phosphoric acid groups is 2. The fourth-order valence-electron chi connectivity index (χ4n) is 9.90. The second-order valence-corrected chi connectivity index (χ2v) is 28.5. The van der Waals surface area contributed by atoms with E-state index in [1.807, 2.05) is 18.2 Å². The van der Waals surface area contributed by atoms with Crippen molar-refractivity contribution in [3.8, 4) is 0 Å². The van der Waals surface area contributed by atoms with E-state index >= 15 is 0 Å². The van der Waals surface area contributed by atoms with Crippen molar-refractivity contribution in [3.05, 3.63) is 146 Å². The molecule has 0 aliphatic rings. The number of hydrogen-bond acceptors (Lipinski definition) is 15. The molecule has 0 aromatic carbocycles. The molecule has 19 heteroatoms. The number of carbonyl (C=O) groups is 4. The number of aliphatic hydroxyl groups is 1. The topological polar surface area (TPSA) is 237 Å². The Balaban J connectivity index is 5.47. The van der Waals surface area contributed by atoms with Gasteiger partial charge in [0, 0.05) is 19.3 Å². The van der Waals surface area contributed by atoms with Crippen LogP contribution >= 0.6 is 15.6 Å². The summed E-state index contributed by atoms with van der Waals surface area (Å²) in [5.74, 6) is -2.38. The molecule has 5 unspecified atom stereocenters. The normalized spacial score (nSPS) is 14.7. The highest BCUT2D eigenvalue weighted by molar-refractivity contribution is 7.47. The molecular weight excluding hydrogens is 1330 g/mol. The number of rotatable bonds is 72. The second-order valence-electron chi connectivity index (χ2n) is 25.5. The van der Waals surface area contributed by atoms with Gasteiger partial charge in [-0.15, -0.1) is 0 Å². The lowest BCUT2D eigenvalue weighted by molar-refractivity contribution is -0.161. The van der Waals surface area contributed by atoms with E-state index in [2.05, 4.69) is 149 Å². The average Bonchev–Trinajstić information content (AvgIpc) is 0.926. The molecule has 582 valence electrons. The fourth-order valence-corrected chi connectivity index (χ4v) is 11.5. The summed E-state index contributed by atoms with van der Waals surface area (Å²) in [5.41, 5.74) is 0. The number of esters is 4. The number of aliphatic hydroxyl groups excluding tert-OH is 1. The van der Waals surface area contributed by atoms with E-state index in [1.54, 1.807) is 6.08 Å². The van der Waals surface area contributed by atoms with Gasteiger partial charge in [-0.2, -0.15) is 0 Å². The summed E-state index contributed by atoms with van der Waals surface area (Å²) in [7, 11) is -10.00. The SMILES string of the molecule is CC/C=C\C/C=C\C/C=C\C/C=C\C/C=C\CC(=O)OCC(COP(=O)(O)OCC(O)COP(=O)(O)OCC(COC(=O)CCCCCC/C=C\C/C=C\C/C=C\C/C=C\CC)OC(=O)CCCCCCC/C=C\CCCCCCCC)OC(=O)CCCCCCC/C=C\C/C=C\CCCCC. The van der Waals surface area contributed by atoms with Gasteiger partial charge in [-0.3, -0.25) is 37.3 Å². The third-order valence-electron chi connectivity index (χ3n) is 15.8. The summed E-state index contributed by atoms with van der Waals surface area (Å²) in [6.07, 6.45) is 84.3. The summed E-state index contributed by atoms with van der Waals surface area (Å²) in [6, 6.07) is 0. The predicted octanol–water partition coefficient (Wildman–Crippen LogP) is 22.7. The predicted molar refractivity (Wildman–Crippen MR) is 417 cm³/mol. The van der Waals surface area contributed by atoms with Crippen LogP contribution in [-0.2, 0) is 65.4 Å². The summed E-state index contributed by atoms with van der Waals surface area (Å²) in [5, 5.41) is 10.6. The molecule has 5 atom stereocenters. The lowest BCUT2D eigenvalue weighted by atomic mass is 10.1. The Morgan fingerprint density at radius 3 is 0.902 bits per heavy atom. The molecule has 17 nitrogen and oxygen atoms in total. The van der Waals surface area contributed by atoms with E-state index in [4.69, 9.17) is 37.0 Å². The molecule has 0 saturated carbocycles. The van der Waals surface area contributed by atoms with Crippen molar-refractivity contribution in [3.63, 3.8) is 0 Å². The summed E-state index contributed by atoms with van der Waals surface area (Å²) < 4.78 is 68.4. The summed E-state index contributed by atoms with van der Waals surface area (Å²) in [4.78, 5) is 72.9. The van der Waals surface area contributed by atoms with E-state index < -0.39 is 97.5 Å². The largest absolute Gasteiger partial charge is 0.472 e. The minimum atomic E-state index is -5.00. The van der Waals surface area contributed by atoms with Crippen molar-refractivity contribution in [2.45, 2.75) is 316 Å². The molecule has 0 amide bonds. The van der Waals surface area contributed by atoms with Crippen molar-refractivity contribution in [1.82, 2.24) is 0 Å². The van der Waals surface area contributed by atoms with Gasteiger partial charge in [0.25, 0.3) is 0 Å². The van der Waals surface area contributed by atoms with Gasteiger partial charge in [0.05, 0.1) is 32.8 Å². The molecule has 0 heterocycles. The van der Waals surface area contributed by atoms with Crippen LogP contribution in [0.15, 0.2) is 146 Å². The maximum Gasteiger partial charge on any atom is 0.472 e. The lowest BCUT2D eigenvalue weighted by Crippen LogP contribution is -2.30. The molecule has 0 aromatic heterocycles. The van der Waals surface area contributed by atoms with Crippen LogP contribution in [0, 0.1) is 0 Å². The molecule has 0 radical (unpaired) electrons. The summed E-state index contributed by atoms with van der Waals surface area (Å²) >= 11 is 0. The van der Waals surface area contributed by atoms with Gasteiger partial charge in [-0.25, -0.2) is 9.13 Å². The van der Waals surface area contributed by atoms with Gasteiger partial charge < -0.3 is 33.8 Å². The molecule has 0 bridgehead atoms. The number of allylic oxidation sites excluding steroid dienone is 23. The van der Waals surface area contributed by atoms with E-state index in [0.717, 1.165) is 161 Å². The molecule has 0 saturated heterocycles. The minimum absolute atomic E-state index is 0.0551. The molecule has 3 N–H and O–H groups in total. The summed E-state index contributed by atoms with van der Waals surface area (Å²) in [6.45, 7) is 4.44. The first-order chi connectivity index (χ1) is 49.7. The second kappa shape index (κ2) is 74.2. The number of phosphoric ester groups is 2. The van der Waals surface area contributed by atoms with Gasteiger partial charge >= 0.3 is 39.5 Å². The van der Waals surface area contributed by atoms with E-state index in [0.29, 0.717) is 25.7 Å². The zero-order chi connectivity index (χ0) is 74.6. The molecule has 0 spiro atoms. The van der Waals surface area contributed by atoms with Gasteiger partial charge in [0.15, 0.2) is 12.2 Å².